The molecule has 69 heavy (non-hydrogen) atoms. The molecule has 0 N–H and O–H groups in total. The van der Waals surface area contributed by atoms with E-state index < -0.39 is 0 Å². The predicted octanol–water partition coefficient (Wildman–Crippen LogP) is 16.8. The lowest BCUT2D eigenvalue weighted by Crippen LogP contribution is -2.00. The molecule has 0 atom stereocenters. The zero-order valence-corrected chi connectivity index (χ0v) is 37.0. The van der Waals surface area contributed by atoms with Crippen LogP contribution in [0.25, 0.3) is 139 Å². The Morgan fingerprint density at radius 1 is 0.290 bits per heavy atom. The number of nitrogens with zero attached hydrogens (tertiary/aromatic N) is 4. The van der Waals surface area contributed by atoms with Crippen LogP contribution in [0.15, 0.2) is 239 Å². The molecule has 0 bridgehead atoms. The summed E-state index contributed by atoms with van der Waals surface area (Å²) in [5.74, 6) is 1.78. The van der Waals surface area contributed by atoms with Gasteiger partial charge in [0.2, 0.25) is 0 Å². The largest absolute Gasteiger partial charge is 0.456 e. The number of aromatic nitrogens is 4. The Bertz CT molecular complexity index is 4290. The molecule has 0 aliphatic carbocycles. The lowest BCUT2D eigenvalue weighted by molar-refractivity contribution is 0.666. The molecule has 0 unspecified atom stereocenters. The second kappa shape index (κ2) is 15.6. The van der Waals surface area contributed by atoms with Crippen LogP contribution in [0.1, 0.15) is 0 Å². The number of para-hydroxylation sites is 2. The topological polar surface area (TPSA) is 69.9 Å². The minimum absolute atomic E-state index is 0.577. The zero-order chi connectivity index (χ0) is 45.4. The van der Waals surface area contributed by atoms with Crippen LogP contribution in [0.3, 0.4) is 0 Å². The maximum Gasteiger partial charge on any atom is 0.164 e. The molecule has 6 heteroatoms. The standard InChI is InChI=1S/C63H38N4O2/c1-4-15-39(16-5-1)41-29-31-43(32-30-41)62-64-61(42-19-8-3-9-20-42)65-63(66-62)50-24-14-27-55-59(50)48-35-33-45(38-57(48)68-55)46-22-13-28-56-58(46)49-23-12-26-54(60(49)69-56)67-52-25-11-10-21-47(52)51-37-44(34-36-53(51)67)40-17-6-2-7-18-40/h1-38H. The molecule has 4 aromatic heterocycles. The highest BCUT2D eigenvalue weighted by molar-refractivity contribution is 6.18. The molecule has 0 spiro atoms. The number of rotatable bonds is 7. The fraction of sp³-hybridized carbons (Fsp3) is 0. The molecule has 0 amide bonds. The summed E-state index contributed by atoms with van der Waals surface area (Å²) in [6, 6.07) is 80.3. The van der Waals surface area contributed by atoms with Crippen LogP contribution < -0.4 is 0 Å². The summed E-state index contributed by atoms with van der Waals surface area (Å²) in [5, 5.41) is 6.43. The van der Waals surface area contributed by atoms with Crippen LogP contribution >= 0.6 is 0 Å². The second-order valence-electron chi connectivity index (χ2n) is 17.5. The smallest absolute Gasteiger partial charge is 0.164 e. The third-order valence-electron chi connectivity index (χ3n) is 13.5. The molecule has 0 fully saturated rings. The summed E-state index contributed by atoms with van der Waals surface area (Å²) in [7, 11) is 0. The third-order valence-corrected chi connectivity index (χ3v) is 13.5. The van der Waals surface area contributed by atoms with E-state index in [9.17, 15) is 0 Å². The van der Waals surface area contributed by atoms with E-state index >= 15 is 0 Å². The molecule has 0 saturated carbocycles. The average molecular weight is 883 g/mol. The Hall–Kier alpha value is -9.39. The van der Waals surface area contributed by atoms with Crippen molar-refractivity contribution < 1.29 is 8.83 Å². The van der Waals surface area contributed by atoms with Gasteiger partial charge in [-0.3, -0.25) is 0 Å². The molecule has 0 aliphatic heterocycles. The van der Waals surface area contributed by atoms with Gasteiger partial charge in [0.1, 0.15) is 16.7 Å². The highest BCUT2D eigenvalue weighted by atomic mass is 16.3. The van der Waals surface area contributed by atoms with Gasteiger partial charge in [-0.2, -0.15) is 0 Å². The summed E-state index contributed by atoms with van der Waals surface area (Å²) in [6.45, 7) is 0. The van der Waals surface area contributed by atoms with Crippen LogP contribution in [0.4, 0.5) is 0 Å². The van der Waals surface area contributed by atoms with Crippen molar-refractivity contribution in [2.75, 3.05) is 0 Å². The van der Waals surface area contributed by atoms with Gasteiger partial charge in [-0.1, -0.05) is 182 Å². The third kappa shape index (κ3) is 6.38. The van der Waals surface area contributed by atoms with Crippen molar-refractivity contribution >= 4 is 65.7 Å². The Labute approximate surface area is 396 Å². The first kappa shape index (κ1) is 38.8. The van der Waals surface area contributed by atoms with Gasteiger partial charge in [0, 0.05) is 49.0 Å². The number of furan rings is 2. The molecule has 322 valence electrons. The van der Waals surface area contributed by atoms with E-state index in [4.69, 9.17) is 23.8 Å². The molecular weight excluding hydrogens is 845 g/mol. The van der Waals surface area contributed by atoms with E-state index in [2.05, 4.69) is 187 Å². The SMILES string of the molecule is c1ccc(-c2ccc(-c3nc(-c4ccccc4)nc(-c4cccc5oc6cc(-c7cccc8oc9c(-n%10c%11ccccc%11c%11cc(-c%12ccccc%12)ccc%11%10)cccc9c78)ccc6c45)n3)cc2)cc1. The number of hydrogen-bond donors (Lipinski definition) is 0. The predicted molar refractivity (Wildman–Crippen MR) is 281 cm³/mol. The average Bonchev–Trinajstić information content (AvgIpc) is 4.11. The van der Waals surface area contributed by atoms with E-state index in [1.54, 1.807) is 0 Å². The van der Waals surface area contributed by atoms with Crippen LogP contribution in [0, 0.1) is 0 Å². The quantitative estimate of drug-likeness (QED) is 0.159. The van der Waals surface area contributed by atoms with Gasteiger partial charge in [0.25, 0.3) is 0 Å². The van der Waals surface area contributed by atoms with E-state index in [-0.39, 0.29) is 0 Å². The number of fused-ring (bicyclic) bond motifs is 9. The van der Waals surface area contributed by atoms with E-state index in [1.807, 2.05) is 48.5 Å². The van der Waals surface area contributed by atoms with E-state index in [0.717, 1.165) is 99.5 Å². The molecule has 10 aromatic carbocycles. The Kier molecular flexibility index (Phi) is 8.79. The summed E-state index contributed by atoms with van der Waals surface area (Å²) in [4.78, 5) is 15.3. The van der Waals surface area contributed by atoms with Crippen molar-refractivity contribution in [2.45, 2.75) is 0 Å². The second-order valence-corrected chi connectivity index (χ2v) is 17.5. The lowest BCUT2D eigenvalue weighted by atomic mass is 9.97. The van der Waals surface area contributed by atoms with Crippen molar-refractivity contribution in [1.82, 2.24) is 19.5 Å². The van der Waals surface area contributed by atoms with Crippen molar-refractivity contribution in [1.29, 1.82) is 0 Å². The highest BCUT2D eigenvalue weighted by Gasteiger charge is 2.22. The lowest BCUT2D eigenvalue weighted by Gasteiger charge is -2.10. The summed E-state index contributed by atoms with van der Waals surface area (Å²) in [6.07, 6.45) is 0. The Balaban J connectivity index is 0.892. The molecular formula is C63H38N4O2. The molecule has 0 radical (unpaired) electrons. The maximum atomic E-state index is 6.91. The fourth-order valence-corrected chi connectivity index (χ4v) is 10.3. The summed E-state index contributed by atoms with van der Waals surface area (Å²) >= 11 is 0. The van der Waals surface area contributed by atoms with Crippen molar-refractivity contribution in [2.24, 2.45) is 0 Å². The molecule has 14 aromatic rings. The Morgan fingerprint density at radius 2 is 0.812 bits per heavy atom. The number of benzene rings is 10. The van der Waals surface area contributed by atoms with Gasteiger partial charge in [-0.25, -0.2) is 15.0 Å². The van der Waals surface area contributed by atoms with Gasteiger partial charge in [0.15, 0.2) is 23.1 Å². The van der Waals surface area contributed by atoms with Crippen LogP contribution in [0.2, 0.25) is 0 Å². The number of hydrogen-bond acceptors (Lipinski definition) is 5. The molecule has 0 saturated heterocycles. The monoisotopic (exact) mass is 882 g/mol. The molecule has 0 aliphatic rings. The molecule has 14 rings (SSSR count). The van der Waals surface area contributed by atoms with Crippen LogP contribution in [0.5, 0.6) is 0 Å². The fourth-order valence-electron chi connectivity index (χ4n) is 10.3. The van der Waals surface area contributed by atoms with E-state index in [1.165, 1.54) is 21.9 Å². The van der Waals surface area contributed by atoms with Gasteiger partial charge in [0.05, 0.1) is 16.7 Å². The van der Waals surface area contributed by atoms with Crippen molar-refractivity contribution in [3.05, 3.63) is 231 Å². The van der Waals surface area contributed by atoms with E-state index in [0.29, 0.717) is 17.5 Å². The van der Waals surface area contributed by atoms with Gasteiger partial charge >= 0.3 is 0 Å². The first-order valence-electron chi connectivity index (χ1n) is 23.2. The first-order valence-corrected chi connectivity index (χ1v) is 23.2. The summed E-state index contributed by atoms with van der Waals surface area (Å²) in [5.41, 5.74) is 15.9. The van der Waals surface area contributed by atoms with Gasteiger partial charge < -0.3 is 13.4 Å². The first-order chi connectivity index (χ1) is 34.2. The minimum atomic E-state index is 0.577. The highest BCUT2D eigenvalue weighted by Crippen LogP contribution is 2.44. The van der Waals surface area contributed by atoms with Crippen LogP contribution in [-0.4, -0.2) is 19.5 Å². The minimum Gasteiger partial charge on any atom is -0.456 e. The Morgan fingerprint density at radius 3 is 1.57 bits per heavy atom. The molecule has 4 heterocycles. The normalized spacial score (nSPS) is 11.8. The maximum absolute atomic E-state index is 6.91. The van der Waals surface area contributed by atoms with Gasteiger partial charge in [-0.05, 0) is 81.9 Å². The summed E-state index contributed by atoms with van der Waals surface area (Å²) < 4.78 is 16.0. The van der Waals surface area contributed by atoms with Crippen molar-refractivity contribution in [3.63, 3.8) is 0 Å². The van der Waals surface area contributed by atoms with Crippen LogP contribution in [-0.2, 0) is 0 Å². The van der Waals surface area contributed by atoms with Gasteiger partial charge in [-0.15, -0.1) is 0 Å². The zero-order valence-electron chi connectivity index (χ0n) is 37.0. The van der Waals surface area contributed by atoms with Crippen molar-refractivity contribution in [3.8, 4) is 73.2 Å². The molecule has 6 nitrogen and oxygen atoms in total.